The Balaban J connectivity index is 2.20. The second-order valence-corrected chi connectivity index (χ2v) is 5.01. The fraction of sp³-hybridized carbons (Fsp3) is 0.538. The van der Waals surface area contributed by atoms with Gasteiger partial charge in [-0.2, -0.15) is 0 Å². The molecule has 0 saturated heterocycles. The smallest absolute Gasteiger partial charge is 0.0642 e. The van der Waals surface area contributed by atoms with E-state index >= 15 is 0 Å². The van der Waals surface area contributed by atoms with Crippen molar-refractivity contribution in [2.24, 2.45) is 5.92 Å². The van der Waals surface area contributed by atoms with Crippen molar-refractivity contribution in [3.05, 3.63) is 28.8 Å². The molecule has 1 fully saturated rings. The minimum atomic E-state index is 0.857. The maximum Gasteiger partial charge on any atom is 0.0642 e. The number of nitrogens with zero attached hydrogens (tertiary/aromatic N) is 1. The molecule has 1 N–H and O–H groups in total. The first-order valence-electron chi connectivity index (χ1n) is 5.85. The van der Waals surface area contributed by atoms with Crippen molar-refractivity contribution >= 4 is 17.3 Å². The fourth-order valence-corrected chi connectivity index (χ4v) is 2.44. The van der Waals surface area contributed by atoms with Crippen LogP contribution in [0.2, 0.25) is 5.02 Å². The van der Waals surface area contributed by atoms with Gasteiger partial charge in [0, 0.05) is 20.1 Å². The molecule has 2 nitrogen and oxygen atoms in total. The molecule has 1 aromatic carbocycles. The summed E-state index contributed by atoms with van der Waals surface area (Å²) in [6.07, 6.45) is 2.74. The third-order valence-electron chi connectivity index (χ3n) is 3.05. The molecule has 0 unspecified atom stereocenters. The maximum atomic E-state index is 6.29. The Labute approximate surface area is 103 Å². The summed E-state index contributed by atoms with van der Waals surface area (Å²) in [5.74, 6) is 0.878. The molecule has 0 atom stereocenters. The molecule has 1 aliphatic carbocycles. The van der Waals surface area contributed by atoms with Crippen LogP contribution in [-0.4, -0.2) is 20.6 Å². The van der Waals surface area contributed by atoms with Crippen LogP contribution in [0.3, 0.4) is 0 Å². The molecule has 0 heterocycles. The van der Waals surface area contributed by atoms with Gasteiger partial charge in [-0.1, -0.05) is 23.7 Å². The summed E-state index contributed by atoms with van der Waals surface area (Å²) in [5, 5.41) is 4.05. The summed E-state index contributed by atoms with van der Waals surface area (Å²) in [4.78, 5) is 2.30. The van der Waals surface area contributed by atoms with Crippen molar-refractivity contribution in [1.82, 2.24) is 5.32 Å². The second kappa shape index (κ2) is 5.07. The molecule has 16 heavy (non-hydrogen) atoms. The lowest BCUT2D eigenvalue weighted by molar-refractivity contribution is 0.768. The van der Waals surface area contributed by atoms with E-state index in [0.29, 0.717) is 0 Å². The molecule has 3 heteroatoms. The number of anilines is 1. The van der Waals surface area contributed by atoms with E-state index in [1.807, 2.05) is 19.2 Å². The lowest BCUT2D eigenvalue weighted by atomic mass is 10.1. The van der Waals surface area contributed by atoms with Crippen molar-refractivity contribution in [3.63, 3.8) is 0 Å². The number of rotatable bonds is 5. The SMILES string of the molecule is CNCc1cccc(Cl)c1N(C)CC1CC1. The predicted molar refractivity (Wildman–Crippen MR) is 70.2 cm³/mol. The van der Waals surface area contributed by atoms with Crippen molar-refractivity contribution in [2.45, 2.75) is 19.4 Å². The largest absolute Gasteiger partial charge is 0.373 e. The van der Waals surface area contributed by atoms with Crippen LogP contribution in [0.5, 0.6) is 0 Å². The van der Waals surface area contributed by atoms with E-state index in [1.54, 1.807) is 0 Å². The Hall–Kier alpha value is -0.730. The lowest BCUT2D eigenvalue weighted by Gasteiger charge is -2.23. The zero-order chi connectivity index (χ0) is 11.5. The number of para-hydroxylation sites is 1. The van der Waals surface area contributed by atoms with Gasteiger partial charge in [-0.15, -0.1) is 0 Å². The van der Waals surface area contributed by atoms with Crippen LogP contribution < -0.4 is 10.2 Å². The molecule has 0 aromatic heterocycles. The van der Waals surface area contributed by atoms with E-state index in [-0.39, 0.29) is 0 Å². The minimum Gasteiger partial charge on any atom is -0.373 e. The molecular weight excluding hydrogens is 220 g/mol. The summed E-state index contributed by atoms with van der Waals surface area (Å²) >= 11 is 6.29. The first-order chi connectivity index (χ1) is 7.72. The number of hydrogen-bond acceptors (Lipinski definition) is 2. The van der Waals surface area contributed by atoms with Crippen LogP contribution in [0, 0.1) is 5.92 Å². The van der Waals surface area contributed by atoms with E-state index in [1.165, 1.54) is 24.1 Å². The number of nitrogens with one attached hydrogen (secondary N) is 1. The Morgan fingerprint density at radius 2 is 2.19 bits per heavy atom. The Bertz CT molecular complexity index is 361. The highest BCUT2D eigenvalue weighted by atomic mass is 35.5. The topological polar surface area (TPSA) is 15.3 Å². The highest BCUT2D eigenvalue weighted by Gasteiger charge is 2.24. The van der Waals surface area contributed by atoms with E-state index in [2.05, 4.69) is 23.3 Å². The number of hydrogen-bond donors (Lipinski definition) is 1. The first kappa shape index (κ1) is 11.7. The van der Waals surface area contributed by atoms with Gasteiger partial charge in [0.2, 0.25) is 0 Å². The normalized spacial score (nSPS) is 15.2. The average molecular weight is 239 g/mol. The molecule has 0 aliphatic heterocycles. The van der Waals surface area contributed by atoms with Gasteiger partial charge < -0.3 is 10.2 Å². The predicted octanol–water partition coefficient (Wildman–Crippen LogP) is 2.91. The molecule has 1 aliphatic rings. The van der Waals surface area contributed by atoms with Crippen LogP contribution in [0.4, 0.5) is 5.69 Å². The molecular formula is C13H19ClN2. The van der Waals surface area contributed by atoms with Gasteiger partial charge in [0.15, 0.2) is 0 Å². The molecule has 0 amide bonds. The highest BCUT2D eigenvalue weighted by molar-refractivity contribution is 6.33. The Kier molecular flexibility index (Phi) is 3.72. The highest BCUT2D eigenvalue weighted by Crippen LogP contribution is 2.34. The number of benzene rings is 1. The molecule has 0 spiro atoms. The molecule has 1 saturated carbocycles. The Morgan fingerprint density at radius 1 is 1.44 bits per heavy atom. The molecule has 0 bridgehead atoms. The number of halogens is 1. The van der Waals surface area contributed by atoms with E-state index in [9.17, 15) is 0 Å². The van der Waals surface area contributed by atoms with Gasteiger partial charge in [-0.25, -0.2) is 0 Å². The van der Waals surface area contributed by atoms with E-state index < -0.39 is 0 Å². The summed E-state index contributed by atoms with van der Waals surface area (Å²) in [5.41, 5.74) is 2.46. The quantitative estimate of drug-likeness (QED) is 0.849. The van der Waals surface area contributed by atoms with E-state index in [4.69, 9.17) is 11.6 Å². The van der Waals surface area contributed by atoms with Crippen LogP contribution in [-0.2, 0) is 6.54 Å². The van der Waals surface area contributed by atoms with E-state index in [0.717, 1.165) is 24.0 Å². The molecule has 88 valence electrons. The third-order valence-corrected chi connectivity index (χ3v) is 3.35. The summed E-state index contributed by atoms with van der Waals surface area (Å²) in [6.45, 7) is 1.99. The zero-order valence-electron chi connectivity index (χ0n) is 9.96. The summed E-state index contributed by atoms with van der Waals surface area (Å²) < 4.78 is 0. The fourth-order valence-electron chi connectivity index (χ4n) is 2.10. The lowest BCUT2D eigenvalue weighted by Crippen LogP contribution is -2.22. The second-order valence-electron chi connectivity index (χ2n) is 4.60. The van der Waals surface area contributed by atoms with Crippen LogP contribution in [0.25, 0.3) is 0 Å². The van der Waals surface area contributed by atoms with Crippen LogP contribution in [0.15, 0.2) is 18.2 Å². The minimum absolute atomic E-state index is 0.857. The van der Waals surface area contributed by atoms with Crippen molar-refractivity contribution in [3.8, 4) is 0 Å². The van der Waals surface area contributed by atoms with Crippen LogP contribution in [0.1, 0.15) is 18.4 Å². The molecule has 0 radical (unpaired) electrons. The standard InChI is InChI=1S/C13H19ClN2/c1-15-8-11-4-3-5-12(14)13(11)16(2)9-10-6-7-10/h3-5,10,15H,6-9H2,1-2H3. The van der Waals surface area contributed by atoms with Crippen molar-refractivity contribution in [1.29, 1.82) is 0 Å². The van der Waals surface area contributed by atoms with Gasteiger partial charge in [-0.3, -0.25) is 0 Å². The first-order valence-corrected chi connectivity index (χ1v) is 6.23. The maximum absolute atomic E-state index is 6.29. The Morgan fingerprint density at radius 3 is 2.81 bits per heavy atom. The van der Waals surface area contributed by atoms with Gasteiger partial charge >= 0.3 is 0 Å². The van der Waals surface area contributed by atoms with Crippen molar-refractivity contribution in [2.75, 3.05) is 25.5 Å². The average Bonchev–Trinajstić information content (AvgIpc) is 3.02. The monoisotopic (exact) mass is 238 g/mol. The molecule has 1 aromatic rings. The van der Waals surface area contributed by atoms with Gasteiger partial charge in [0.25, 0.3) is 0 Å². The molecule has 2 rings (SSSR count). The van der Waals surface area contributed by atoms with Gasteiger partial charge in [-0.05, 0) is 37.4 Å². The third kappa shape index (κ3) is 2.69. The summed E-state index contributed by atoms with van der Waals surface area (Å²) in [7, 11) is 4.10. The van der Waals surface area contributed by atoms with Crippen molar-refractivity contribution < 1.29 is 0 Å². The van der Waals surface area contributed by atoms with Gasteiger partial charge in [0.1, 0.15) is 0 Å². The van der Waals surface area contributed by atoms with Gasteiger partial charge in [0.05, 0.1) is 10.7 Å². The summed E-state index contributed by atoms with van der Waals surface area (Å²) in [6, 6.07) is 6.13. The van der Waals surface area contributed by atoms with Crippen LogP contribution >= 0.6 is 11.6 Å². The zero-order valence-corrected chi connectivity index (χ0v) is 10.7.